The van der Waals surface area contributed by atoms with Crippen molar-refractivity contribution in [2.24, 2.45) is 0 Å². The molecule has 1 N–H and O–H groups in total. The second-order valence-corrected chi connectivity index (χ2v) is 5.08. The second-order valence-electron chi connectivity index (χ2n) is 5.08. The van der Waals surface area contributed by atoms with E-state index in [4.69, 9.17) is 0 Å². The van der Waals surface area contributed by atoms with Gasteiger partial charge in [0.05, 0.1) is 11.2 Å². The molecule has 3 nitrogen and oxygen atoms in total. The number of nitrogens with one attached hydrogen (secondary N) is 1. The molecule has 0 aliphatic carbocycles. The summed E-state index contributed by atoms with van der Waals surface area (Å²) in [6.07, 6.45) is 2.50. The average molecular weight is 278 g/mol. The zero-order valence-corrected chi connectivity index (χ0v) is 12.0. The Morgan fingerprint density at radius 2 is 1.76 bits per heavy atom. The van der Waals surface area contributed by atoms with Crippen LogP contribution >= 0.6 is 0 Å². The maximum absolute atomic E-state index is 11.7. The van der Waals surface area contributed by atoms with Gasteiger partial charge in [0.2, 0.25) is 5.91 Å². The number of amides is 1. The van der Waals surface area contributed by atoms with Crippen LogP contribution in [0.1, 0.15) is 18.9 Å². The minimum atomic E-state index is 0.0395. The van der Waals surface area contributed by atoms with Crippen LogP contribution < -0.4 is 5.32 Å². The van der Waals surface area contributed by atoms with Crippen molar-refractivity contribution in [2.45, 2.75) is 19.9 Å². The lowest BCUT2D eigenvalue weighted by Gasteiger charge is -2.04. The Balaban J connectivity index is 2.00. The molecule has 0 bridgehead atoms. The molecule has 0 saturated heterocycles. The Kier molecular flexibility index (Phi) is 3.73. The van der Waals surface area contributed by atoms with Crippen molar-refractivity contribution in [2.75, 3.05) is 5.32 Å². The first-order valence-corrected chi connectivity index (χ1v) is 7.19. The van der Waals surface area contributed by atoms with E-state index >= 15 is 0 Å². The van der Waals surface area contributed by atoms with Crippen LogP contribution in [0.3, 0.4) is 0 Å². The monoisotopic (exact) mass is 278 g/mol. The van der Waals surface area contributed by atoms with Crippen LogP contribution in [-0.2, 0) is 11.3 Å². The summed E-state index contributed by atoms with van der Waals surface area (Å²) in [5, 5.41) is 4.06. The third-order valence-corrected chi connectivity index (χ3v) is 3.58. The first kappa shape index (κ1) is 13.4. The molecule has 0 fully saturated rings. The predicted molar refractivity (Wildman–Crippen MR) is 86.4 cm³/mol. The van der Waals surface area contributed by atoms with Crippen LogP contribution in [0.5, 0.6) is 0 Å². The van der Waals surface area contributed by atoms with E-state index in [1.165, 1.54) is 5.56 Å². The van der Waals surface area contributed by atoms with Gasteiger partial charge in [-0.15, -0.1) is 0 Å². The van der Waals surface area contributed by atoms with Crippen LogP contribution in [0.4, 0.5) is 5.69 Å². The molecular weight excluding hydrogens is 260 g/mol. The molecule has 1 amide bonds. The Labute approximate surface area is 124 Å². The second kappa shape index (κ2) is 5.83. The van der Waals surface area contributed by atoms with E-state index in [0.29, 0.717) is 6.42 Å². The fraction of sp³-hybridized carbons (Fsp3) is 0.167. The minimum Gasteiger partial charge on any atom is -0.341 e. The van der Waals surface area contributed by atoms with Crippen LogP contribution in [0, 0.1) is 0 Å². The summed E-state index contributed by atoms with van der Waals surface area (Å²) in [6.45, 7) is 2.65. The Bertz CT molecular complexity index is 759. The molecule has 1 aromatic heterocycles. The molecule has 0 aliphatic rings. The molecule has 0 spiro atoms. The summed E-state index contributed by atoms with van der Waals surface area (Å²) >= 11 is 0. The number of para-hydroxylation sites is 1. The average Bonchev–Trinajstić information content (AvgIpc) is 2.86. The highest BCUT2D eigenvalue weighted by atomic mass is 16.1. The molecule has 0 saturated carbocycles. The number of hydrogen-bond acceptors (Lipinski definition) is 1. The predicted octanol–water partition coefficient (Wildman–Crippen LogP) is 4.04. The van der Waals surface area contributed by atoms with Crippen LogP contribution in [0.15, 0.2) is 60.8 Å². The molecular formula is C18H18N2O. The topological polar surface area (TPSA) is 34.0 Å². The van der Waals surface area contributed by atoms with Crippen molar-refractivity contribution in [3.05, 3.63) is 66.4 Å². The number of carbonyl (C=O) groups excluding carboxylic acids is 1. The number of fused-ring (bicyclic) bond motifs is 1. The van der Waals surface area contributed by atoms with Crippen LogP contribution in [0.2, 0.25) is 0 Å². The first-order valence-electron chi connectivity index (χ1n) is 7.19. The lowest BCUT2D eigenvalue weighted by molar-refractivity contribution is -0.115. The van der Waals surface area contributed by atoms with Crippen LogP contribution in [-0.4, -0.2) is 10.5 Å². The first-order chi connectivity index (χ1) is 10.3. The van der Waals surface area contributed by atoms with E-state index in [0.717, 1.165) is 23.1 Å². The fourth-order valence-electron chi connectivity index (χ4n) is 2.50. The largest absolute Gasteiger partial charge is 0.341 e. The molecule has 0 aliphatic heterocycles. The van der Waals surface area contributed by atoms with E-state index in [1.54, 1.807) is 0 Å². The maximum atomic E-state index is 11.7. The van der Waals surface area contributed by atoms with Gasteiger partial charge in [-0.3, -0.25) is 4.79 Å². The van der Waals surface area contributed by atoms with Crippen molar-refractivity contribution in [3.63, 3.8) is 0 Å². The zero-order valence-electron chi connectivity index (χ0n) is 12.0. The molecule has 0 unspecified atom stereocenters. The van der Waals surface area contributed by atoms with Gasteiger partial charge in [-0.1, -0.05) is 55.5 Å². The number of rotatable bonds is 4. The molecule has 3 heteroatoms. The third-order valence-electron chi connectivity index (χ3n) is 3.58. The van der Waals surface area contributed by atoms with Crippen molar-refractivity contribution in [1.29, 1.82) is 0 Å². The number of hydrogen-bond donors (Lipinski definition) is 1. The van der Waals surface area contributed by atoms with Crippen molar-refractivity contribution < 1.29 is 4.79 Å². The number of nitrogens with zero attached hydrogens (tertiary/aromatic N) is 1. The van der Waals surface area contributed by atoms with Gasteiger partial charge in [0.25, 0.3) is 0 Å². The van der Waals surface area contributed by atoms with E-state index in [1.807, 2.05) is 49.5 Å². The molecule has 106 valence electrons. The van der Waals surface area contributed by atoms with Gasteiger partial charge in [-0.05, 0) is 11.6 Å². The van der Waals surface area contributed by atoms with Gasteiger partial charge in [-0.25, -0.2) is 0 Å². The molecule has 0 radical (unpaired) electrons. The van der Waals surface area contributed by atoms with Gasteiger partial charge < -0.3 is 9.88 Å². The summed E-state index contributed by atoms with van der Waals surface area (Å²) in [7, 11) is 0. The van der Waals surface area contributed by atoms with Gasteiger partial charge in [0.1, 0.15) is 0 Å². The molecule has 3 aromatic rings. The lowest BCUT2D eigenvalue weighted by atomic mass is 10.2. The highest BCUT2D eigenvalue weighted by Crippen LogP contribution is 2.26. The Morgan fingerprint density at radius 1 is 1.05 bits per heavy atom. The molecule has 0 atom stereocenters. The Morgan fingerprint density at radius 3 is 2.52 bits per heavy atom. The van der Waals surface area contributed by atoms with Crippen molar-refractivity contribution in [1.82, 2.24) is 4.57 Å². The number of aromatic nitrogens is 1. The summed E-state index contributed by atoms with van der Waals surface area (Å²) in [5.74, 6) is 0.0395. The molecule has 2 aromatic carbocycles. The summed E-state index contributed by atoms with van der Waals surface area (Å²) in [5.41, 5.74) is 3.26. The third kappa shape index (κ3) is 2.82. The van der Waals surface area contributed by atoms with Crippen molar-refractivity contribution >= 4 is 22.5 Å². The number of anilines is 1. The minimum absolute atomic E-state index is 0.0395. The van der Waals surface area contributed by atoms with E-state index in [2.05, 4.69) is 28.1 Å². The Hall–Kier alpha value is -2.55. The molecule has 21 heavy (non-hydrogen) atoms. The lowest BCUT2D eigenvalue weighted by Crippen LogP contribution is -2.08. The van der Waals surface area contributed by atoms with Gasteiger partial charge in [0.15, 0.2) is 0 Å². The van der Waals surface area contributed by atoms with E-state index in [-0.39, 0.29) is 5.91 Å². The SMILES string of the molecule is CCC(=O)Nc1cn(Cc2ccccc2)c2ccccc12. The van der Waals surface area contributed by atoms with Gasteiger partial charge in [-0.2, -0.15) is 0 Å². The molecule has 3 rings (SSSR count). The molecule has 1 heterocycles. The normalized spacial score (nSPS) is 10.7. The smallest absolute Gasteiger partial charge is 0.224 e. The summed E-state index contributed by atoms with van der Waals surface area (Å²) in [4.78, 5) is 11.7. The maximum Gasteiger partial charge on any atom is 0.224 e. The zero-order chi connectivity index (χ0) is 14.7. The van der Waals surface area contributed by atoms with E-state index in [9.17, 15) is 4.79 Å². The highest BCUT2D eigenvalue weighted by Gasteiger charge is 2.10. The standard InChI is InChI=1S/C18H18N2O/c1-2-18(21)19-16-13-20(12-14-8-4-3-5-9-14)17-11-7-6-10-15(16)17/h3-11,13H,2,12H2,1H3,(H,19,21). The quantitative estimate of drug-likeness (QED) is 0.768. The van der Waals surface area contributed by atoms with Gasteiger partial charge in [0, 0.05) is 24.5 Å². The van der Waals surface area contributed by atoms with Crippen LogP contribution in [0.25, 0.3) is 10.9 Å². The number of carbonyl (C=O) groups is 1. The summed E-state index contributed by atoms with van der Waals surface area (Å²) in [6, 6.07) is 18.5. The summed E-state index contributed by atoms with van der Waals surface area (Å²) < 4.78 is 2.18. The fourth-order valence-corrected chi connectivity index (χ4v) is 2.50. The van der Waals surface area contributed by atoms with E-state index < -0.39 is 0 Å². The van der Waals surface area contributed by atoms with Gasteiger partial charge >= 0.3 is 0 Å². The number of benzene rings is 2. The van der Waals surface area contributed by atoms with Crippen molar-refractivity contribution in [3.8, 4) is 0 Å². The highest BCUT2D eigenvalue weighted by molar-refractivity contribution is 6.01.